The molecule has 0 N–H and O–H groups in total. The number of benzene rings is 2. The van der Waals surface area contributed by atoms with Crippen LogP contribution in [0.1, 0.15) is 22.3 Å². The summed E-state index contributed by atoms with van der Waals surface area (Å²) in [6.07, 6.45) is -3.79. The molecule has 2 aromatic carbocycles. The van der Waals surface area contributed by atoms with Gasteiger partial charge in [0.2, 0.25) is 0 Å². The van der Waals surface area contributed by atoms with Crippen LogP contribution in [-0.4, -0.2) is 13.7 Å². The lowest BCUT2D eigenvalue weighted by Gasteiger charge is -2.31. The van der Waals surface area contributed by atoms with Gasteiger partial charge in [-0.25, -0.2) is 0 Å². The van der Waals surface area contributed by atoms with Gasteiger partial charge in [0, 0.05) is 18.8 Å². The molecule has 0 saturated heterocycles. The first kappa shape index (κ1) is 16.2. The molecule has 0 spiro atoms. The molecular weight excluding hydrogens is 317 g/mol. The fourth-order valence-corrected chi connectivity index (χ4v) is 2.94. The van der Waals surface area contributed by atoms with Crippen LogP contribution in [0, 0.1) is 11.3 Å². The summed E-state index contributed by atoms with van der Waals surface area (Å²) in [5.41, 5.74) is 1.44. The van der Waals surface area contributed by atoms with Crippen molar-refractivity contribution in [2.24, 2.45) is 0 Å². The average Bonchev–Trinajstić information content (AvgIpc) is 2.59. The topological polar surface area (TPSA) is 36.3 Å². The van der Waals surface area contributed by atoms with E-state index in [9.17, 15) is 13.2 Å². The SMILES string of the molecule is COc1ccc2c(c1)CN(c1ccc(C#N)c(C(F)(F)F)c1)CC2. The molecule has 24 heavy (non-hydrogen) atoms. The number of hydrogen-bond acceptors (Lipinski definition) is 3. The number of halogens is 3. The third kappa shape index (κ3) is 3.02. The highest BCUT2D eigenvalue weighted by Gasteiger charge is 2.34. The van der Waals surface area contributed by atoms with Crippen molar-refractivity contribution < 1.29 is 17.9 Å². The fourth-order valence-electron chi connectivity index (χ4n) is 2.94. The van der Waals surface area contributed by atoms with E-state index in [1.165, 1.54) is 11.6 Å². The van der Waals surface area contributed by atoms with Crippen molar-refractivity contribution in [1.29, 1.82) is 5.26 Å². The summed E-state index contributed by atoms with van der Waals surface area (Å²) >= 11 is 0. The van der Waals surface area contributed by atoms with Crippen molar-refractivity contribution in [2.45, 2.75) is 19.1 Å². The second-order valence-electron chi connectivity index (χ2n) is 5.65. The molecule has 0 aromatic heterocycles. The average molecular weight is 332 g/mol. The fraction of sp³-hybridized carbons (Fsp3) is 0.278. The number of alkyl halides is 3. The van der Waals surface area contributed by atoms with Gasteiger partial charge in [0.1, 0.15) is 5.75 Å². The van der Waals surface area contributed by atoms with Gasteiger partial charge < -0.3 is 9.64 Å². The van der Waals surface area contributed by atoms with Crippen molar-refractivity contribution >= 4 is 5.69 Å². The van der Waals surface area contributed by atoms with E-state index in [1.54, 1.807) is 19.2 Å². The van der Waals surface area contributed by atoms with E-state index < -0.39 is 11.7 Å². The highest BCUT2D eigenvalue weighted by Crippen LogP contribution is 2.35. The molecular formula is C18H15F3N2O. The van der Waals surface area contributed by atoms with Crippen LogP contribution in [0.5, 0.6) is 5.75 Å². The van der Waals surface area contributed by atoms with E-state index in [2.05, 4.69) is 0 Å². The molecule has 2 aromatic rings. The molecule has 124 valence electrons. The summed E-state index contributed by atoms with van der Waals surface area (Å²) in [6, 6.07) is 11.3. The minimum absolute atomic E-state index is 0.356. The highest BCUT2D eigenvalue weighted by molar-refractivity contribution is 5.56. The van der Waals surface area contributed by atoms with Gasteiger partial charge in [0.15, 0.2) is 0 Å². The maximum Gasteiger partial charge on any atom is 0.417 e. The van der Waals surface area contributed by atoms with E-state index in [0.29, 0.717) is 18.8 Å². The molecule has 3 nitrogen and oxygen atoms in total. The molecule has 1 aliphatic rings. The monoisotopic (exact) mass is 332 g/mol. The van der Waals surface area contributed by atoms with Crippen LogP contribution >= 0.6 is 0 Å². The number of hydrogen-bond donors (Lipinski definition) is 0. The second kappa shape index (κ2) is 6.08. The lowest BCUT2D eigenvalue weighted by Crippen LogP contribution is -2.30. The lowest BCUT2D eigenvalue weighted by atomic mass is 9.98. The van der Waals surface area contributed by atoms with Crippen LogP contribution in [0.3, 0.4) is 0 Å². The van der Waals surface area contributed by atoms with Crippen LogP contribution in [0.15, 0.2) is 36.4 Å². The predicted molar refractivity (Wildman–Crippen MR) is 83.9 cm³/mol. The summed E-state index contributed by atoms with van der Waals surface area (Å²) in [7, 11) is 1.58. The summed E-state index contributed by atoms with van der Waals surface area (Å²) in [4.78, 5) is 1.89. The number of fused-ring (bicyclic) bond motifs is 1. The van der Waals surface area contributed by atoms with Gasteiger partial charge in [-0.2, -0.15) is 18.4 Å². The zero-order valence-electron chi connectivity index (χ0n) is 13.0. The molecule has 3 rings (SSSR count). The Labute approximate surface area is 137 Å². The van der Waals surface area contributed by atoms with Gasteiger partial charge in [-0.3, -0.25) is 0 Å². The van der Waals surface area contributed by atoms with Crippen LogP contribution < -0.4 is 9.64 Å². The summed E-state index contributed by atoms with van der Waals surface area (Å²) < 4.78 is 44.6. The van der Waals surface area contributed by atoms with Gasteiger partial charge in [-0.1, -0.05) is 6.07 Å². The zero-order valence-corrected chi connectivity index (χ0v) is 13.0. The molecule has 0 bridgehead atoms. The van der Waals surface area contributed by atoms with Crippen LogP contribution in [-0.2, 0) is 19.1 Å². The van der Waals surface area contributed by atoms with Crippen LogP contribution in [0.25, 0.3) is 0 Å². The number of ether oxygens (including phenoxy) is 1. The first-order valence-electron chi connectivity index (χ1n) is 7.44. The normalized spacial score (nSPS) is 14.0. The van der Waals surface area contributed by atoms with Crippen molar-refractivity contribution in [2.75, 3.05) is 18.6 Å². The van der Waals surface area contributed by atoms with Gasteiger partial charge in [-0.05, 0) is 47.9 Å². The molecule has 0 atom stereocenters. The molecule has 1 aliphatic heterocycles. The summed E-state index contributed by atoms with van der Waals surface area (Å²) in [5.74, 6) is 0.728. The van der Waals surface area contributed by atoms with Crippen molar-refractivity contribution in [1.82, 2.24) is 0 Å². The maximum absolute atomic E-state index is 13.1. The standard InChI is InChI=1S/C18H15F3N2O/c1-24-16-5-3-12-6-7-23(11-14(12)8-16)15-4-2-13(10-22)17(9-15)18(19,20)21/h2-5,8-9H,6-7,11H2,1H3. The predicted octanol–water partition coefficient (Wildman–Crippen LogP) is 4.15. The Hall–Kier alpha value is -2.68. The number of anilines is 1. The molecule has 0 fully saturated rings. The van der Waals surface area contributed by atoms with Crippen LogP contribution in [0.4, 0.5) is 18.9 Å². The van der Waals surface area contributed by atoms with Crippen molar-refractivity contribution in [3.05, 3.63) is 58.7 Å². The minimum Gasteiger partial charge on any atom is -0.497 e. The first-order valence-corrected chi connectivity index (χ1v) is 7.44. The maximum atomic E-state index is 13.1. The summed E-state index contributed by atoms with van der Waals surface area (Å²) in [5, 5.41) is 8.89. The molecule has 0 amide bonds. The smallest absolute Gasteiger partial charge is 0.417 e. The Morgan fingerprint density at radius 3 is 2.58 bits per heavy atom. The largest absolute Gasteiger partial charge is 0.497 e. The Kier molecular flexibility index (Phi) is 4.10. The Bertz CT molecular complexity index is 809. The molecule has 0 unspecified atom stereocenters. The third-order valence-electron chi connectivity index (χ3n) is 4.22. The van der Waals surface area contributed by atoms with E-state index in [-0.39, 0.29) is 5.56 Å². The molecule has 0 radical (unpaired) electrons. The summed E-state index contributed by atoms with van der Waals surface area (Å²) in [6.45, 7) is 1.14. The van der Waals surface area contributed by atoms with E-state index in [4.69, 9.17) is 10.00 Å². The Balaban J connectivity index is 1.94. The number of rotatable bonds is 2. The van der Waals surface area contributed by atoms with E-state index in [1.807, 2.05) is 23.1 Å². The van der Waals surface area contributed by atoms with Crippen molar-refractivity contribution in [3.63, 3.8) is 0 Å². The van der Waals surface area contributed by atoms with Crippen LogP contribution in [0.2, 0.25) is 0 Å². The van der Waals surface area contributed by atoms with E-state index in [0.717, 1.165) is 23.8 Å². The minimum atomic E-state index is -4.54. The highest BCUT2D eigenvalue weighted by atomic mass is 19.4. The van der Waals surface area contributed by atoms with Gasteiger partial charge >= 0.3 is 6.18 Å². The Morgan fingerprint density at radius 1 is 1.12 bits per heavy atom. The van der Waals surface area contributed by atoms with Gasteiger partial charge in [0.25, 0.3) is 0 Å². The third-order valence-corrected chi connectivity index (χ3v) is 4.22. The van der Waals surface area contributed by atoms with Crippen molar-refractivity contribution in [3.8, 4) is 11.8 Å². The molecule has 0 aliphatic carbocycles. The van der Waals surface area contributed by atoms with E-state index >= 15 is 0 Å². The zero-order chi connectivity index (χ0) is 17.3. The number of nitriles is 1. The molecule has 1 heterocycles. The lowest BCUT2D eigenvalue weighted by molar-refractivity contribution is -0.137. The van der Waals surface area contributed by atoms with Gasteiger partial charge in [0.05, 0.1) is 24.3 Å². The first-order chi connectivity index (χ1) is 11.4. The molecule has 6 heteroatoms. The quantitative estimate of drug-likeness (QED) is 0.829. The van der Waals surface area contributed by atoms with Gasteiger partial charge in [-0.15, -0.1) is 0 Å². The molecule has 0 saturated carbocycles. The second-order valence-corrected chi connectivity index (χ2v) is 5.65. The Morgan fingerprint density at radius 2 is 1.92 bits per heavy atom. The number of nitrogens with zero attached hydrogens (tertiary/aromatic N) is 2. The number of methoxy groups -OCH3 is 1.